The third-order valence-corrected chi connectivity index (χ3v) is 4.07. The van der Waals surface area contributed by atoms with Gasteiger partial charge in [-0.2, -0.15) is 4.98 Å². The van der Waals surface area contributed by atoms with E-state index >= 15 is 0 Å². The van der Waals surface area contributed by atoms with Crippen molar-refractivity contribution in [3.05, 3.63) is 77.2 Å². The summed E-state index contributed by atoms with van der Waals surface area (Å²) in [5.41, 5.74) is 2.69. The Bertz CT molecular complexity index is 961. The van der Waals surface area contributed by atoms with Gasteiger partial charge >= 0.3 is 5.97 Å². The number of hydrogen-bond donors (Lipinski definition) is 2. The van der Waals surface area contributed by atoms with Gasteiger partial charge in [0.05, 0.1) is 12.7 Å². The molecule has 7 heteroatoms. The van der Waals surface area contributed by atoms with Gasteiger partial charge < -0.3 is 15.4 Å². The normalized spacial score (nSPS) is 10.4. The largest absolute Gasteiger partial charge is 0.465 e. The average molecular weight is 380 g/mol. The number of rotatable bonds is 7. The van der Waals surface area contributed by atoms with Gasteiger partial charge in [-0.15, -0.1) is 0 Å². The molecular weight excluding hydrogens is 359 g/mol. The van der Waals surface area contributed by atoms with E-state index in [0.717, 1.165) is 11.4 Å². The van der Waals surface area contributed by atoms with Crippen molar-refractivity contribution in [1.29, 1.82) is 0 Å². The molecule has 1 heterocycles. The van der Waals surface area contributed by atoms with Gasteiger partial charge in [-0.25, -0.2) is 14.2 Å². The SMILES string of the molecule is COC(=O)c1ccc(Nc2cc(C)nc(NCCc3ccccc3F)n2)cc1. The van der Waals surface area contributed by atoms with Crippen LogP contribution in [0.1, 0.15) is 21.6 Å². The molecule has 0 aliphatic carbocycles. The van der Waals surface area contributed by atoms with Crippen molar-refractivity contribution in [2.75, 3.05) is 24.3 Å². The number of carbonyl (C=O) groups is 1. The lowest BCUT2D eigenvalue weighted by molar-refractivity contribution is 0.0601. The minimum Gasteiger partial charge on any atom is -0.465 e. The highest BCUT2D eigenvalue weighted by atomic mass is 19.1. The summed E-state index contributed by atoms with van der Waals surface area (Å²) in [5, 5.41) is 6.31. The van der Waals surface area contributed by atoms with E-state index in [1.807, 2.05) is 19.1 Å². The number of halogens is 1. The maximum Gasteiger partial charge on any atom is 0.337 e. The fourth-order valence-electron chi connectivity index (χ4n) is 2.68. The standard InChI is InChI=1S/C21H21FN4O2/c1-14-13-19(25-17-9-7-16(8-10-17)20(27)28-2)26-21(24-14)23-12-11-15-5-3-4-6-18(15)22/h3-10,13H,11-12H2,1-2H3,(H2,23,24,25,26). The summed E-state index contributed by atoms with van der Waals surface area (Å²) in [4.78, 5) is 20.3. The van der Waals surface area contributed by atoms with Crippen LogP contribution in [0.4, 0.5) is 21.8 Å². The van der Waals surface area contributed by atoms with Gasteiger partial charge in [0.1, 0.15) is 11.6 Å². The lowest BCUT2D eigenvalue weighted by Gasteiger charge is -2.10. The molecule has 0 unspecified atom stereocenters. The topological polar surface area (TPSA) is 76.1 Å². The molecule has 0 aliphatic heterocycles. The van der Waals surface area contributed by atoms with Crippen LogP contribution in [0.15, 0.2) is 54.6 Å². The maximum atomic E-state index is 13.7. The smallest absolute Gasteiger partial charge is 0.337 e. The number of nitrogens with one attached hydrogen (secondary N) is 2. The van der Waals surface area contributed by atoms with Crippen LogP contribution in [0, 0.1) is 12.7 Å². The van der Waals surface area contributed by atoms with Gasteiger partial charge in [-0.1, -0.05) is 18.2 Å². The van der Waals surface area contributed by atoms with Crippen LogP contribution in [0.2, 0.25) is 0 Å². The third-order valence-electron chi connectivity index (χ3n) is 4.07. The summed E-state index contributed by atoms with van der Waals surface area (Å²) in [6.07, 6.45) is 0.529. The van der Waals surface area contributed by atoms with E-state index in [0.29, 0.717) is 35.9 Å². The molecule has 6 nitrogen and oxygen atoms in total. The summed E-state index contributed by atoms with van der Waals surface area (Å²) in [6.45, 7) is 2.38. The van der Waals surface area contributed by atoms with Gasteiger partial charge in [-0.05, 0) is 49.2 Å². The van der Waals surface area contributed by atoms with Crippen molar-refractivity contribution in [2.24, 2.45) is 0 Å². The molecule has 2 N–H and O–H groups in total. The second-order valence-electron chi connectivity index (χ2n) is 6.18. The Labute approximate surface area is 162 Å². The monoisotopic (exact) mass is 380 g/mol. The molecule has 0 saturated heterocycles. The van der Waals surface area contributed by atoms with E-state index in [9.17, 15) is 9.18 Å². The molecule has 0 spiro atoms. The first-order valence-electron chi connectivity index (χ1n) is 8.83. The second-order valence-corrected chi connectivity index (χ2v) is 6.18. The van der Waals surface area contributed by atoms with Crippen LogP contribution < -0.4 is 10.6 Å². The first-order chi connectivity index (χ1) is 13.5. The van der Waals surface area contributed by atoms with Crippen LogP contribution in [0.25, 0.3) is 0 Å². The minimum absolute atomic E-state index is 0.216. The fraction of sp³-hybridized carbons (Fsp3) is 0.190. The Morgan fingerprint density at radius 3 is 2.57 bits per heavy atom. The van der Waals surface area contributed by atoms with E-state index in [-0.39, 0.29) is 11.8 Å². The molecule has 0 bridgehead atoms. The predicted molar refractivity (Wildman–Crippen MR) is 106 cm³/mol. The van der Waals surface area contributed by atoms with Crippen molar-refractivity contribution >= 4 is 23.4 Å². The number of ether oxygens (including phenoxy) is 1. The summed E-state index contributed by atoms with van der Waals surface area (Å²) >= 11 is 0. The number of aromatic nitrogens is 2. The van der Waals surface area contributed by atoms with E-state index in [2.05, 4.69) is 20.6 Å². The van der Waals surface area contributed by atoms with Crippen LogP contribution >= 0.6 is 0 Å². The number of benzene rings is 2. The molecular formula is C21H21FN4O2. The molecule has 0 atom stereocenters. The van der Waals surface area contributed by atoms with Gasteiger partial charge in [0.2, 0.25) is 5.95 Å². The highest BCUT2D eigenvalue weighted by Crippen LogP contribution is 2.18. The molecule has 0 saturated carbocycles. The van der Waals surface area contributed by atoms with E-state index in [1.54, 1.807) is 36.4 Å². The summed E-state index contributed by atoms with van der Waals surface area (Å²) in [7, 11) is 1.35. The number of nitrogens with zero attached hydrogens (tertiary/aromatic N) is 2. The van der Waals surface area contributed by atoms with Gasteiger partial charge in [-0.3, -0.25) is 0 Å². The zero-order chi connectivity index (χ0) is 19.9. The van der Waals surface area contributed by atoms with Crippen molar-refractivity contribution in [2.45, 2.75) is 13.3 Å². The molecule has 0 amide bonds. The first-order valence-corrected chi connectivity index (χ1v) is 8.83. The van der Waals surface area contributed by atoms with Crippen molar-refractivity contribution in [3.8, 4) is 0 Å². The van der Waals surface area contributed by atoms with Gasteiger partial charge in [0.15, 0.2) is 0 Å². The first kappa shape index (κ1) is 19.3. The Balaban J connectivity index is 1.64. The van der Waals surface area contributed by atoms with Crippen LogP contribution in [0.5, 0.6) is 0 Å². The number of methoxy groups -OCH3 is 1. The summed E-state index contributed by atoms with van der Waals surface area (Å²) in [6, 6.07) is 15.4. The van der Waals surface area contributed by atoms with Crippen LogP contribution in [-0.4, -0.2) is 29.6 Å². The Morgan fingerprint density at radius 1 is 1.11 bits per heavy atom. The predicted octanol–water partition coefficient (Wildman–Crippen LogP) is 4.11. The molecule has 28 heavy (non-hydrogen) atoms. The Hall–Kier alpha value is -3.48. The molecule has 0 aliphatic rings. The van der Waals surface area contributed by atoms with E-state index < -0.39 is 0 Å². The van der Waals surface area contributed by atoms with Gasteiger partial charge in [0, 0.05) is 24.0 Å². The summed E-state index contributed by atoms with van der Waals surface area (Å²) in [5.74, 6) is 0.481. The summed E-state index contributed by atoms with van der Waals surface area (Å²) < 4.78 is 18.4. The Morgan fingerprint density at radius 2 is 1.86 bits per heavy atom. The van der Waals surface area contributed by atoms with E-state index in [1.165, 1.54) is 13.2 Å². The molecule has 2 aromatic carbocycles. The molecule has 3 rings (SSSR count). The number of anilines is 3. The number of hydrogen-bond acceptors (Lipinski definition) is 6. The van der Waals surface area contributed by atoms with Crippen LogP contribution in [0.3, 0.4) is 0 Å². The maximum absolute atomic E-state index is 13.7. The highest BCUT2D eigenvalue weighted by molar-refractivity contribution is 5.89. The molecule has 0 radical (unpaired) electrons. The second kappa shape index (κ2) is 8.94. The Kier molecular flexibility index (Phi) is 6.16. The van der Waals surface area contributed by atoms with Crippen molar-refractivity contribution in [1.82, 2.24) is 9.97 Å². The molecule has 1 aromatic heterocycles. The zero-order valence-electron chi connectivity index (χ0n) is 15.7. The van der Waals surface area contributed by atoms with Crippen molar-refractivity contribution < 1.29 is 13.9 Å². The number of carbonyl (C=O) groups excluding carboxylic acids is 1. The number of aryl methyl sites for hydroxylation is 1. The molecule has 0 fully saturated rings. The third kappa shape index (κ3) is 5.03. The lowest BCUT2D eigenvalue weighted by atomic mass is 10.1. The molecule has 144 valence electrons. The van der Waals surface area contributed by atoms with Gasteiger partial charge in [0.25, 0.3) is 0 Å². The number of esters is 1. The lowest BCUT2D eigenvalue weighted by Crippen LogP contribution is -2.10. The fourth-order valence-corrected chi connectivity index (χ4v) is 2.68. The van der Waals surface area contributed by atoms with Crippen molar-refractivity contribution in [3.63, 3.8) is 0 Å². The average Bonchev–Trinajstić information content (AvgIpc) is 2.69. The quantitative estimate of drug-likeness (QED) is 0.601. The van der Waals surface area contributed by atoms with Crippen LogP contribution in [-0.2, 0) is 11.2 Å². The highest BCUT2D eigenvalue weighted by Gasteiger charge is 2.07. The minimum atomic E-state index is -0.384. The zero-order valence-corrected chi connectivity index (χ0v) is 15.7. The van der Waals surface area contributed by atoms with E-state index in [4.69, 9.17) is 4.74 Å². The molecule has 3 aromatic rings.